The van der Waals surface area contributed by atoms with Gasteiger partial charge < -0.3 is 14.3 Å². The number of hydrogen-bond donors (Lipinski definition) is 0. The van der Waals surface area contributed by atoms with E-state index in [1.54, 1.807) is 11.3 Å². The summed E-state index contributed by atoms with van der Waals surface area (Å²) in [5, 5.41) is 2.28. The van der Waals surface area contributed by atoms with Crippen LogP contribution in [0.25, 0.3) is 81.8 Å². The maximum absolute atomic E-state index is 6.78. The molecule has 4 nitrogen and oxygen atoms in total. The van der Waals surface area contributed by atoms with Crippen molar-refractivity contribution in [3.8, 4) is 62.1 Å². The van der Waals surface area contributed by atoms with E-state index in [4.69, 9.17) is 14.7 Å². The van der Waals surface area contributed by atoms with Gasteiger partial charge in [-0.25, -0.2) is 0 Å². The van der Waals surface area contributed by atoms with E-state index >= 15 is 0 Å². The molecule has 58 heavy (non-hydrogen) atoms. The van der Waals surface area contributed by atoms with Gasteiger partial charge in [-0.15, -0.1) is 29.3 Å². The number of rotatable bonds is 7. The number of thiophene rings is 1. The summed E-state index contributed by atoms with van der Waals surface area (Å²) in [6.45, 7) is 6.69. The van der Waals surface area contributed by atoms with Crippen LogP contribution in [0.3, 0.4) is 0 Å². The number of imidazole rings is 1. The van der Waals surface area contributed by atoms with Gasteiger partial charge in [0.1, 0.15) is 0 Å². The largest absolute Gasteiger partial charge is 2.00 e. The number of aromatic nitrogens is 3. The summed E-state index contributed by atoms with van der Waals surface area (Å²) >= 11 is 1.79. The van der Waals surface area contributed by atoms with Gasteiger partial charge in [0.05, 0.1) is 16.9 Å². The molecule has 0 spiro atoms. The minimum atomic E-state index is -0.0426. The molecule has 0 bridgehead atoms. The first-order valence-electron chi connectivity index (χ1n) is 19.2. The number of pyridine rings is 1. The van der Waals surface area contributed by atoms with Crippen LogP contribution in [0.1, 0.15) is 26.3 Å². The van der Waals surface area contributed by atoms with Crippen molar-refractivity contribution in [1.82, 2.24) is 14.5 Å². The summed E-state index contributed by atoms with van der Waals surface area (Å²) in [4.78, 5) is 10.1. The predicted molar refractivity (Wildman–Crippen MR) is 236 cm³/mol. The molecule has 282 valence electrons. The molecule has 0 saturated heterocycles. The Bertz CT molecular complexity index is 3090. The fraction of sp³-hybridized carbons (Fsp3) is 0.0769. The number of benzene rings is 7. The van der Waals surface area contributed by atoms with Gasteiger partial charge in [-0.05, 0) is 67.7 Å². The Morgan fingerprint density at radius 2 is 1.29 bits per heavy atom. The van der Waals surface area contributed by atoms with E-state index in [1.165, 1.54) is 26.8 Å². The molecule has 0 N–H and O–H groups in total. The van der Waals surface area contributed by atoms with E-state index in [2.05, 4.69) is 171 Å². The summed E-state index contributed by atoms with van der Waals surface area (Å²) in [5.74, 6) is 1.96. The maximum atomic E-state index is 6.78. The third-order valence-corrected chi connectivity index (χ3v) is 11.8. The summed E-state index contributed by atoms with van der Waals surface area (Å²) in [7, 11) is 0. The zero-order valence-electron chi connectivity index (χ0n) is 32.1. The van der Waals surface area contributed by atoms with Crippen molar-refractivity contribution >= 4 is 42.5 Å². The van der Waals surface area contributed by atoms with Crippen LogP contribution in [0.15, 0.2) is 170 Å². The van der Waals surface area contributed by atoms with E-state index in [1.807, 2.05) is 36.5 Å². The maximum Gasteiger partial charge on any atom is 2.00 e. The van der Waals surface area contributed by atoms with Crippen LogP contribution >= 0.6 is 11.3 Å². The molecule has 3 heterocycles. The Balaban J connectivity index is 0.00000436. The van der Waals surface area contributed by atoms with E-state index in [0.717, 1.165) is 60.6 Å². The average Bonchev–Trinajstić information content (AvgIpc) is 3.83. The van der Waals surface area contributed by atoms with Crippen LogP contribution in [-0.4, -0.2) is 14.5 Å². The van der Waals surface area contributed by atoms with E-state index < -0.39 is 0 Å². The van der Waals surface area contributed by atoms with Crippen molar-refractivity contribution in [2.45, 2.75) is 26.2 Å². The number of hydrogen-bond acceptors (Lipinski definition) is 4. The molecule has 0 aliphatic rings. The van der Waals surface area contributed by atoms with Gasteiger partial charge in [-0.2, -0.15) is 11.3 Å². The van der Waals surface area contributed by atoms with Crippen molar-refractivity contribution in [1.29, 1.82) is 0 Å². The van der Waals surface area contributed by atoms with Gasteiger partial charge in [-0.1, -0.05) is 160 Å². The molecule has 0 fully saturated rings. The zero-order valence-corrected chi connectivity index (χ0v) is 35.2. The molecule has 3 aromatic heterocycles. The van der Waals surface area contributed by atoms with Gasteiger partial charge in [0, 0.05) is 33.6 Å². The Hall–Kier alpha value is -6.13. The molecule has 0 saturated carbocycles. The Morgan fingerprint density at radius 3 is 2.09 bits per heavy atom. The van der Waals surface area contributed by atoms with Crippen molar-refractivity contribution in [3.63, 3.8) is 0 Å². The normalized spacial score (nSPS) is 11.6. The fourth-order valence-electron chi connectivity index (χ4n) is 7.67. The minimum absolute atomic E-state index is 0. The molecule has 10 aromatic rings. The van der Waals surface area contributed by atoms with Crippen molar-refractivity contribution in [2.24, 2.45) is 0 Å². The van der Waals surface area contributed by atoms with Crippen LogP contribution in [0.2, 0.25) is 0 Å². The average molecular weight is 947 g/mol. The van der Waals surface area contributed by atoms with Crippen LogP contribution in [0.5, 0.6) is 11.5 Å². The zero-order chi connectivity index (χ0) is 38.5. The van der Waals surface area contributed by atoms with Crippen LogP contribution < -0.4 is 4.74 Å². The monoisotopic (exact) mass is 946 g/mol. The Kier molecular flexibility index (Phi) is 9.89. The molecule has 10 rings (SSSR count). The summed E-state index contributed by atoms with van der Waals surface area (Å²) in [5.41, 5.74) is 11.4. The predicted octanol–water partition coefficient (Wildman–Crippen LogP) is 14.1. The number of ether oxygens (including phenoxy) is 1. The molecular formula is C52H37N3OPtS. The molecule has 6 heteroatoms. The van der Waals surface area contributed by atoms with E-state index in [0.29, 0.717) is 11.5 Å². The van der Waals surface area contributed by atoms with Gasteiger partial charge in [0.25, 0.3) is 0 Å². The second-order valence-corrected chi connectivity index (χ2v) is 16.3. The molecule has 0 atom stereocenters. The van der Waals surface area contributed by atoms with Crippen molar-refractivity contribution < 1.29 is 25.8 Å². The second kappa shape index (κ2) is 15.3. The van der Waals surface area contributed by atoms with Crippen LogP contribution in [-0.2, 0) is 26.5 Å². The molecule has 0 aliphatic heterocycles. The van der Waals surface area contributed by atoms with E-state index in [9.17, 15) is 0 Å². The SMILES string of the molecule is CC(C)(C)c1ccnc(-c2[c-]c(Oc3[c-]c(-c4nc5ccccc5n4-c4ccccc4-c4ccccc4)ccc3)cc3c2sc2c(-c4ccccc4)cccc23)c1.[Pt+2]. The minimum Gasteiger partial charge on any atom is -0.497 e. The topological polar surface area (TPSA) is 39.9 Å². The summed E-state index contributed by atoms with van der Waals surface area (Å²) in [6.07, 6.45) is 1.91. The van der Waals surface area contributed by atoms with Crippen LogP contribution in [0.4, 0.5) is 0 Å². The molecule has 0 unspecified atom stereocenters. The second-order valence-electron chi connectivity index (χ2n) is 15.3. The molecule has 0 radical (unpaired) electrons. The first kappa shape index (κ1) is 37.4. The van der Waals surface area contributed by atoms with Crippen molar-refractivity contribution in [2.75, 3.05) is 0 Å². The Labute approximate surface area is 356 Å². The molecule has 0 amide bonds. The molecule has 7 aromatic carbocycles. The van der Waals surface area contributed by atoms with Gasteiger partial charge >= 0.3 is 21.1 Å². The summed E-state index contributed by atoms with van der Waals surface area (Å²) < 4.78 is 11.4. The standard InChI is InChI=1S/C52H37N3OS.Pt/c1-52(2,3)37-28-29-53-46(31-37)44-33-39(32-43-42-24-15-23-41(49(42)57-50(43)44)35-18-8-5-9-19-35)56-38-21-14-20-36(30-38)51-54-45-25-11-13-27-48(45)55(51)47-26-12-10-22-40(47)34-16-6-4-7-17-34;/h4-29,31-32H,1-3H3;/q-2;+2. The van der Waals surface area contributed by atoms with Gasteiger partial charge in [0.15, 0.2) is 0 Å². The first-order chi connectivity index (χ1) is 27.9. The van der Waals surface area contributed by atoms with Crippen LogP contribution in [0, 0.1) is 12.1 Å². The van der Waals surface area contributed by atoms with Gasteiger partial charge in [0.2, 0.25) is 0 Å². The number of nitrogens with zero attached hydrogens (tertiary/aromatic N) is 3. The number of fused-ring (bicyclic) bond motifs is 4. The first-order valence-corrected chi connectivity index (χ1v) is 20.0. The third kappa shape index (κ3) is 6.85. The molecule has 0 aliphatic carbocycles. The Morgan fingerprint density at radius 1 is 0.603 bits per heavy atom. The van der Waals surface area contributed by atoms with Gasteiger partial charge in [-0.3, -0.25) is 4.98 Å². The van der Waals surface area contributed by atoms with Crippen molar-refractivity contribution in [3.05, 3.63) is 188 Å². The quantitative estimate of drug-likeness (QED) is 0.149. The number of para-hydroxylation sites is 3. The molecular weight excluding hydrogens is 910 g/mol. The van der Waals surface area contributed by atoms with E-state index in [-0.39, 0.29) is 26.5 Å². The third-order valence-electron chi connectivity index (χ3n) is 10.5. The summed E-state index contributed by atoms with van der Waals surface area (Å²) in [6, 6.07) is 64.1. The fourth-order valence-corrected chi connectivity index (χ4v) is 8.99. The smallest absolute Gasteiger partial charge is 0.497 e.